The summed E-state index contributed by atoms with van der Waals surface area (Å²) >= 11 is 0. The molecule has 2 atom stereocenters. The predicted octanol–water partition coefficient (Wildman–Crippen LogP) is 7.35. The van der Waals surface area contributed by atoms with E-state index in [2.05, 4.69) is 10.6 Å². The van der Waals surface area contributed by atoms with E-state index in [4.69, 9.17) is 4.74 Å². The van der Waals surface area contributed by atoms with E-state index in [0.717, 1.165) is 40.8 Å². The second-order valence-corrected chi connectivity index (χ2v) is 9.75. The molecule has 0 radical (unpaired) electrons. The second-order valence-electron chi connectivity index (χ2n) is 9.75. The molecule has 9 heteroatoms. The van der Waals surface area contributed by atoms with Gasteiger partial charge in [-0.05, 0) is 78.8 Å². The zero-order chi connectivity index (χ0) is 28.2. The van der Waals surface area contributed by atoms with Gasteiger partial charge < -0.3 is 20.5 Å². The molecule has 0 bridgehead atoms. The Hall–Kier alpha value is -3.85. The fraction of sp³-hybridized carbons (Fsp3) is 0.333. The van der Waals surface area contributed by atoms with Gasteiger partial charge in [-0.15, -0.1) is 0 Å². The minimum absolute atomic E-state index is 0.0320. The van der Waals surface area contributed by atoms with Gasteiger partial charge in [0.05, 0.1) is 24.7 Å². The highest BCUT2D eigenvalue weighted by Gasteiger charge is 2.43. The molecule has 3 aromatic carbocycles. The quantitative estimate of drug-likeness (QED) is 0.274. The minimum Gasteiger partial charge on any atom is -0.466 e. The normalized spacial score (nSPS) is 18.7. The smallest absolute Gasteiger partial charge is 0.416 e. The summed E-state index contributed by atoms with van der Waals surface area (Å²) in [4.78, 5) is 24.5. The maximum Gasteiger partial charge on any atom is 0.416 e. The molecule has 0 saturated heterocycles. The van der Waals surface area contributed by atoms with Crippen LogP contribution in [0.15, 0.2) is 66.7 Å². The first kappa shape index (κ1) is 28.2. The van der Waals surface area contributed by atoms with Crippen LogP contribution >= 0.6 is 0 Å². The van der Waals surface area contributed by atoms with Crippen molar-refractivity contribution in [3.8, 4) is 11.1 Å². The maximum absolute atomic E-state index is 12.9. The van der Waals surface area contributed by atoms with Gasteiger partial charge in [0.25, 0.3) is 0 Å². The largest absolute Gasteiger partial charge is 0.466 e. The van der Waals surface area contributed by atoms with Crippen LogP contribution in [-0.2, 0) is 22.1 Å². The molecule has 0 heterocycles. The standard InChI is InChI=1S/C30H31F3N2O4/c1-3-29(18-26(36)39-4-2)15-14-21-16-20(10-13-25(21)27(29)37)19-8-11-23(12-9-19)34-28(38)35-24-7-5-6-22(17-24)30(31,32)33/h5-13,16-17,27,37H,3-4,14-15,18H2,1-2H3,(H2,34,35,38)/t27?,29-/m0/s1. The van der Waals surface area contributed by atoms with E-state index < -0.39 is 29.3 Å². The van der Waals surface area contributed by atoms with Gasteiger partial charge in [-0.1, -0.05) is 43.3 Å². The Morgan fingerprint density at radius 2 is 1.67 bits per heavy atom. The van der Waals surface area contributed by atoms with E-state index in [0.29, 0.717) is 25.1 Å². The van der Waals surface area contributed by atoms with Gasteiger partial charge in [0.15, 0.2) is 0 Å². The molecule has 0 fully saturated rings. The fourth-order valence-corrected chi connectivity index (χ4v) is 5.11. The van der Waals surface area contributed by atoms with Crippen LogP contribution in [0.25, 0.3) is 11.1 Å². The number of alkyl halides is 3. The molecule has 1 unspecified atom stereocenters. The topological polar surface area (TPSA) is 87.7 Å². The third kappa shape index (κ3) is 6.42. The number of nitrogens with one attached hydrogen (secondary N) is 2. The lowest BCUT2D eigenvalue weighted by Gasteiger charge is -2.41. The van der Waals surface area contributed by atoms with Crippen molar-refractivity contribution < 1.29 is 32.6 Å². The van der Waals surface area contributed by atoms with Crippen molar-refractivity contribution in [1.29, 1.82) is 0 Å². The van der Waals surface area contributed by atoms with E-state index in [-0.39, 0.29) is 18.1 Å². The van der Waals surface area contributed by atoms with Gasteiger partial charge in [-0.2, -0.15) is 13.2 Å². The van der Waals surface area contributed by atoms with Crippen LogP contribution in [-0.4, -0.2) is 23.7 Å². The lowest BCUT2D eigenvalue weighted by atomic mass is 9.65. The third-order valence-corrected chi connectivity index (χ3v) is 7.34. The van der Waals surface area contributed by atoms with Gasteiger partial charge in [0.1, 0.15) is 0 Å². The van der Waals surface area contributed by atoms with Crippen molar-refractivity contribution >= 4 is 23.4 Å². The van der Waals surface area contributed by atoms with Crippen LogP contribution in [0.4, 0.5) is 29.3 Å². The fourth-order valence-electron chi connectivity index (χ4n) is 5.11. The molecule has 0 spiro atoms. The third-order valence-electron chi connectivity index (χ3n) is 7.34. The van der Waals surface area contributed by atoms with E-state index in [1.165, 1.54) is 12.1 Å². The number of carbonyl (C=O) groups excluding carboxylic acids is 2. The van der Waals surface area contributed by atoms with E-state index in [9.17, 15) is 27.9 Å². The Morgan fingerprint density at radius 3 is 2.33 bits per heavy atom. The number of rotatable bonds is 7. The Balaban J connectivity index is 1.43. The number of carbonyl (C=O) groups is 2. The highest BCUT2D eigenvalue weighted by atomic mass is 19.4. The maximum atomic E-state index is 12.9. The van der Waals surface area contributed by atoms with E-state index >= 15 is 0 Å². The Bertz CT molecular complexity index is 1340. The molecule has 39 heavy (non-hydrogen) atoms. The first-order valence-corrected chi connectivity index (χ1v) is 12.9. The molecule has 1 aliphatic rings. The average molecular weight is 541 g/mol. The van der Waals surface area contributed by atoms with Crippen molar-refractivity contribution in [2.75, 3.05) is 17.2 Å². The summed E-state index contributed by atoms with van der Waals surface area (Å²) in [6, 6.07) is 16.7. The van der Waals surface area contributed by atoms with Crippen LogP contribution in [0.5, 0.6) is 0 Å². The molecule has 3 aromatic rings. The van der Waals surface area contributed by atoms with Gasteiger partial charge in [-0.25, -0.2) is 4.79 Å². The number of anilines is 2. The monoisotopic (exact) mass is 540 g/mol. The number of urea groups is 1. The molecule has 4 rings (SSSR count). The summed E-state index contributed by atoms with van der Waals surface area (Å²) in [6.07, 6.45) is -3.04. The summed E-state index contributed by atoms with van der Waals surface area (Å²) in [5.74, 6) is -0.296. The number of hydrogen-bond acceptors (Lipinski definition) is 4. The lowest BCUT2D eigenvalue weighted by molar-refractivity contribution is -0.149. The number of hydrogen-bond donors (Lipinski definition) is 3. The van der Waals surface area contributed by atoms with Crippen molar-refractivity contribution in [3.63, 3.8) is 0 Å². The molecule has 3 N–H and O–H groups in total. The zero-order valence-corrected chi connectivity index (χ0v) is 21.8. The summed E-state index contributed by atoms with van der Waals surface area (Å²) in [7, 11) is 0. The number of halogens is 3. The molecule has 0 saturated carbocycles. The molecule has 2 amide bonds. The zero-order valence-electron chi connectivity index (χ0n) is 21.8. The second kappa shape index (κ2) is 11.5. The molecule has 206 valence electrons. The number of aryl methyl sites for hydroxylation is 1. The van der Waals surface area contributed by atoms with Crippen LogP contribution < -0.4 is 10.6 Å². The summed E-state index contributed by atoms with van der Waals surface area (Å²) < 4.78 is 43.9. The minimum atomic E-state index is -4.50. The van der Waals surface area contributed by atoms with Gasteiger partial charge in [0, 0.05) is 16.8 Å². The molecule has 0 aromatic heterocycles. The Labute approximate surface area is 225 Å². The number of esters is 1. The van der Waals surface area contributed by atoms with Crippen molar-refractivity contribution in [1.82, 2.24) is 0 Å². The first-order valence-electron chi connectivity index (χ1n) is 12.9. The number of ether oxygens (including phenoxy) is 1. The number of aliphatic hydroxyl groups excluding tert-OH is 1. The predicted molar refractivity (Wildman–Crippen MR) is 143 cm³/mol. The number of aliphatic hydroxyl groups is 1. The average Bonchev–Trinajstić information content (AvgIpc) is 2.90. The summed E-state index contributed by atoms with van der Waals surface area (Å²) in [5, 5.41) is 16.3. The van der Waals surface area contributed by atoms with E-state index in [1.807, 2.05) is 37.3 Å². The molecule has 6 nitrogen and oxygen atoms in total. The van der Waals surface area contributed by atoms with Crippen LogP contribution in [0.1, 0.15) is 55.9 Å². The van der Waals surface area contributed by atoms with E-state index in [1.54, 1.807) is 19.1 Å². The SMILES string of the molecule is CCOC(=O)C[C@]1(CC)CCc2cc(-c3ccc(NC(=O)Nc4cccc(C(F)(F)F)c4)cc3)ccc2C1O. The van der Waals surface area contributed by atoms with Gasteiger partial charge in [0.2, 0.25) is 0 Å². The lowest BCUT2D eigenvalue weighted by Crippen LogP contribution is -2.36. The van der Waals surface area contributed by atoms with Crippen LogP contribution in [0.3, 0.4) is 0 Å². The highest BCUT2D eigenvalue weighted by molar-refractivity contribution is 5.99. The van der Waals surface area contributed by atoms with Gasteiger partial charge >= 0.3 is 18.2 Å². The molecule has 0 aliphatic heterocycles. The molecule has 1 aliphatic carbocycles. The van der Waals surface area contributed by atoms with Crippen molar-refractivity contribution in [3.05, 3.63) is 83.4 Å². The van der Waals surface area contributed by atoms with Crippen LogP contribution in [0, 0.1) is 5.41 Å². The molecular formula is C30H31F3N2O4. The Kier molecular flexibility index (Phi) is 8.30. The van der Waals surface area contributed by atoms with Gasteiger partial charge in [-0.3, -0.25) is 4.79 Å². The first-order chi connectivity index (χ1) is 18.5. The number of fused-ring (bicyclic) bond motifs is 1. The number of amides is 2. The van der Waals surface area contributed by atoms with Crippen LogP contribution in [0.2, 0.25) is 0 Å². The highest BCUT2D eigenvalue weighted by Crippen LogP contribution is 2.49. The van der Waals surface area contributed by atoms with Crippen molar-refractivity contribution in [2.24, 2.45) is 5.41 Å². The van der Waals surface area contributed by atoms with Crippen molar-refractivity contribution in [2.45, 2.75) is 51.8 Å². The Morgan fingerprint density at radius 1 is 0.974 bits per heavy atom. The summed E-state index contributed by atoms with van der Waals surface area (Å²) in [5.41, 5.74) is 2.79. The summed E-state index contributed by atoms with van der Waals surface area (Å²) in [6.45, 7) is 4.06. The molecular weight excluding hydrogens is 509 g/mol. The number of benzene rings is 3.